The number of nitrogens with zero attached hydrogens (tertiary/aromatic N) is 2. The van der Waals surface area contributed by atoms with Gasteiger partial charge >= 0.3 is 0 Å². The van der Waals surface area contributed by atoms with E-state index in [1.807, 2.05) is 13.8 Å². The van der Waals surface area contributed by atoms with Crippen LogP contribution in [0, 0.1) is 6.92 Å². The largest absolute Gasteiger partial charge is 0.445 e. The predicted octanol–water partition coefficient (Wildman–Crippen LogP) is 2.20. The highest BCUT2D eigenvalue weighted by molar-refractivity contribution is 5.99. The Labute approximate surface area is 145 Å². The zero-order chi connectivity index (χ0) is 18.3. The van der Waals surface area contributed by atoms with Gasteiger partial charge in [-0.25, -0.2) is 4.98 Å². The molecule has 7 heteroatoms. The van der Waals surface area contributed by atoms with Crippen LogP contribution in [0.3, 0.4) is 0 Å². The van der Waals surface area contributed by atoms with Crippen LogP contribution >= 0.6 is 0 Å². The fourth-order valence-corrected chi connectivity index (χ4v) is 2.96. The molecule has 0 atom stereocenters. The molecule has 0 saturated carbocycles. The maximum Gasteiger partial charge on any atom is 0.261 e. The first-order chi connectivity index (χ1) is 11.8. The summed E-state index contributed by atoms with van der Waals surface area (Å²) in [5.74, 6) is 1.04. The average Bonchev–Trinajstić information content (AvgIpc) is 2.97. The molecule has 25 heavy (non-hydrogen) atoms. The van der Waals surface area contributed by atoms with Crippen LogP contribution < -0.4 is 5.56 Å². The van der Waals surface area contributed by atoms with Crippen LogP contribution in [0.25, 0.3) is 0 Å². The molecule has 1 N–H and O–H groups in total. The maximum atomic E-state index is 12.8. The molecule has 2 aromatic rings. The van der Waals surface area contributed by atoms with Crippen molar-refractivity contribution in [2.24, 2.45) is 0 Å². The van der Waals surface area contributed by atoms with Gasteiger partial charge in [-0.15, -0.1) is 0 Å². The van der Waals surface area contributed by atoms with E-state index in [-0.39, 0.29) is 17.3 Å². The Morgan fingerprint density at radius 2 is 2.04 bits per heavy atom. The van der Waals surface area contributed by atoms with Crippen molar-refractivity contribution in [1.82, 2.24) is 14.9 Å². The number of aromatic nitrogens is 2. The van der Waals surface area contributed by atoms with Crippen molar-refractivity contribution in [3.05, 3.63) is 50.6 Å². The zero-order valence-electron chi connectivity index (χ0n) is 14.8. The van der Waals surface area contributed by atoms with E-state index in [9.17, 15) is 14.4 Å². The Balaban J connectivity index is 1.90. The molecular weight excluding hydrogens is 322 g/mol. The van der Waals surface area contributed by atoms with Gasteiger partial charge in [-0.2, -0.15) is 0 Å². The first-order valence-corrected chi connectivity index (χ1v) is 8.30. The number of aromatic amines is 1. The minimum atomic E-state index is -0.485. The van der Waals surface area contributed by atoms with E-state index in [1.165, 1.54) is 13.0 Å². The number of aryl methyl sites for hydroxylation is 1. The highest BCUT2D eigenvalue weighted by atomic mass is 16.4. The number of carbonyl (C=O) groups is 2. The number of rotatable bonds is 3. The molecule has 0 radical (unpaired) electrons. The minimum absolute atomic E-state index is 0.0215. The monoisotopic (exact) mass is 343 g/mol. The van der Waals surface area contributed by atoms with Gasteiger partial charge in [0.05, 0.1) is 6.54 Å². The molecule has 0 aromatic carbocycles. The molecule has 1 aliphatic rings. The van der Waals surface area contributed by atoms with Crippen molar-refractivity contribution >= 4 is 11.7 Å². The molecule has 1 amide bonds. The smallest absolute Gasteiger partial charge is 0.261 e. The molecule has 7 nitrogen and oxygen atoms in total. The van der Waals surface area contributed by atoms with Gasteiger partial charge in [0.25, 0.3) is 11.5 Å². The van der Waals surface area contributed by atoms with Gasteiger partial charge in [-0.1, -0.05) is 13.8 Å². The summed E-state index contributed by atoms with van der Waals surface area (Å²) < 4.78 is 5.73. The molecule has 0 unspecified atom stereocenters. The number of hydrogen-bond donors (Lipinski definition) is 1. The Bertz CT molecular complexity index is 908. The van der Waals surface area contributed by atoms with E-state index in [2.05, 4.69) is 9.97 Å². The molecule has 2 aromatic heterocycles. The summed E-state index contributed by atoms with van der Waals surface area (Å²) in [6.45, 7) is 7.78. The van der Waals surface area contributed by atoms with Gasteiger partial charge < -0.3 is 14.3 Å². The number of ketones is 1. The molecule has 0 saturated heterocycles. The molecular formula is C18H21N3O4. The number of carbonyl (C=O) groups excluding carboxylic acids is 2. The van der Waals surface area contributed by atoms with Gasteiger partial charge in [0.1, 0.15) is 17.0 Å². The summed E-state index contributed by atoms with van der Waals surface area (Å²) in [5, 5.41) is 0. The average molecular weight is 343 g/mol. The van der Waals surface area contributed by atoms with Crippen LogP contribution in [0.15, 0.2) is 15.3 Å². The van der Waals surface area contributed by atoms with Crippen molar-refractivity contribution < 1.29 is 14.0 Å². The number of nitrogens with one attached hydrogen (secondary N) is 1. The highest BCUT2D eigenvalue weighted by Gasteiger charge is 2.28. The molecule has 0 spiro atoms. The van der Waals surface area contributed by atoms with E-state index >= 15 is 0 Å². The summed E-state index contributed by atoms with van der Waals surface area (Å²) in [5.41, 5.74) is 1.05. The number of pyridine rings is 1. The highest BCUT2D eigenvalue weighted by Crippen LogP contribution is 2.24. The van der Waals surface area contributed by atoms with Crippen LogP contribution in [-0.2, 0) is 13.0 Å². The number of H-pyrrole nitrogens is 1. The van der Waals surface area contributed by atoms with Gasteiger partial charge in [-0.3, -0.25) is 14.4 Å². The molecule has 132 valence electrons. The predicted molar refractivity (Wildman–Crippen MR) is 90.8 cm³/mol. The lowest BCUT2D eigenvalue weighted by Gasteiger charge is -2.25. The minimum Gasteiger partial charge on any atom is -0.445 e. The summed E-state index contributed by atoms with van der Waals surface area (Å²) in [4.78, 5) is 45.3. The molecule has 1 aliphatic heterocycles. The number of Topliss-reactive ketones (excluding diaryl/α,β-unsaturated/α-hetero) is 1. The third kappa shape index (κ3) is 3.14. The first-order valence-electron chi connectivity index (χ1n) is 8.30. The van der Waals surface area contributed by atoms with E-state index in [0.717, 1.165) is 11.5 Å². The quantitative estimate of drug-likeness (QED) is 0.862. The van der Waals surface area contributed by atoms with Crippen molar-refractivity contribution in [2.75, 3.05) is 6.54 Å². The summed E-state index contributed by atoms with van der Waals surface area (Å²) in [6, 6.07) is 1.39. The fourth-order valence-electron chi connectivity index (χ4n) is 2.96. The topological polar surface area (TPSA) is 96.3 Å². The van der Waals surface area contributed by atoms with Gasteiger partial charge in [0.15, 0.2) is 11.7 Å². The van der Waals surface area contributed by atoms with Crippen molar-refractivity contribution in [2.45, 2.75) is 46.6 Å². The SMILES string of the molecule is CC(=O)c1cc(C(=O)N2CCc3oc(C(C)C)nc3C2)c(=O)[nH]c1C. The molecule has 0 bridgehead atoms. The Hall–Kier alpha value is -2.70. The van der Waals surface area contributed by atoms with E-state index in [4.69, 9.17) is 4.42 Å². The van der Waals surface area contributed by atoms with E-state index < -0.39 is 11.5 Å². The van der Waals surface area contributed by atoms with Crippen molar-refractivity contribution in [1.29, 1.82) is 0 Å². The second-order valence-electron chi connectivity index (χ2n) is 6.66. The Kier molecular flexibility index (Phi) is 4.32. The van der Waals surface area contributed by atoms with Gasteiger partial charge in [-0.05, 0) is 19.9 Å². The number of oxazole rings is 1. The van der Waals surface area contributed by atoms with Crippen LogP contribution in [0.4, 0.5) is 0 Å². The van der Waals surface area contributed by atoms with Crippen LogP contribution in [0.5, 0.6) is 0 Å². The third-order valence-corrected chi connectivity index (χ3v) is 4.37. The van der Waals surface area contributed by atoms with Crippen LogP contribution in [0.1, 0.15) is 70.4 Å². The second kappa shape index (κ2) is 6.31. The first kappa shape index (κ1) is 17.1. The summed E-state index contributed by atoms with van der Waals surface area (Å²) >= 11 is 0. The number of fused-ring (bicyclic) bond motifs is 1. The molecule has 0 aliphatic carbocycles. The zero-order valence-corrected chi connectivity index (χ0v) is 14.8. The van der Waals surface area contributed by atoms with E-state index in [1.54, 1.807) is 11.8 Å². The maximum absolute atomic E-state index is 12.8. The van der Waals surface area contributed by atoms with Crippen molar-refractivity contribution in [3.8, 4) is 0 Å². The van der Waals surface area contributed by atoms with Gasteiger partial charge in [0.2, 0.25) is 0 Å². The van der Waals surface area contributed by atoms with Crippen molar-refractivity contribution in [3.63, 3.8) is 0 Å². The van der Waals surface area contributed by atoms with Gasteiger partial charge in [0, 0.05) is 30.1 Å². The number of amides is 1. The molecule has 0 fully saturated rings. The summed E-state index contributed by atoms with van der Waals surface area (Å²) in [6.07, 6.45) is 0.560. The van der Waals surface area contributed by atoms with Crippen LogP contribution in [0.2, 0.25) is 0 Å². The summed E-state index contributed by atoms with van der Waals surface area (Å²) in [7, 11) is 0. The third-order valence-electron chi connectivity index (χ3n) is 4.37. The Morgan fingerprint density at radius 3 is 2.68 bits per heavy atom. The van der Waals surface area contributed by atoms with Crippen LogP contribution in [-0.4, -0.2) is 33.1 Å². The fraction of sp³-hybridized carbons (Fsp3) is 0.444. The molecule has 3 rings (SSSR count). The normalized spacial score (nSPS) is 13.9. The lowest BCUT2D eigenvalue weighted by Crippen LogP contribution is -2.38. The lowest BCUT2D eigenvalue weighted by molar-refractivity contribution is 0.0726. The second-order valence-corrected chi connectivity index (χ2v) is 6.66. The molecule has 3 heterocycles. The number of hydrogen-bond acceptors (Lipinski definition) is 5. The standard InChI is InChI=1S/C18H21N3O4/c1-9(2)17-20-14-8-21(6-5-15(14)25-17)18(24)13-7-12(11(4)22)10(3)19-16(13)23/h7,9H,5-6,8H2,1-4H3,(H,19,23). The lowest BCUT2D eigenvalue weighted by atomic mass is 10.1. The Morgan fingerprint density at radius 1 is 1.32 bits per heavy atom. The van der Waals surface area contributed by atoms with E-state index in [0.29, 0.717) is 36.7 Å².